The van der Waals surface area contributed by atoms with Crippen LogP contribution in [0.2, 0.25) is 0 Å². The number of nitrogens with zero attached hydrogens (tertiary/aromatic N) is 2. The zero-order chi connectivity index (χ0) is 12.3. The molecule has 1 unspecified atom stereocenters. The van der Waals surface area contributed by atoms with E-state index in [0.717, 1.165) is 12.2 Å². The second kappa shape index (κ2) is 5.25. The summed E-state index contributed by atoms with van der Waals surface area (Å²) in [5.74, 6) is 0. The number of thiazole rings is 1. The van der Waals surface area contributed by atoms with Gasteiger partial charge in [-0.1, -0.05) is 0 Å². The summed E-state index contributed by atoms with van der Waals surface area (Å²) >= 11 is 1.73. The van der Waals surface area contributed by atoms with Gasteiger partial charge in [0.15, 0.2) is 0 Å². The van der Waals surface area contributed by atoms with Crippen molar-refractivity contribution in [3.8, 4) is 0 Å². The van der Waals surface area contributed by atoms with Gasteiger partial charge in [0.25, 0.3) is 0 Å². The lowest BCUT2D eigenvalue weighted by Crippen LogP contribution is -2.47. The van der Waals surface area contributed by atoms with E-state index in [0.29, 0.717) is 6.04 Å². The lowest BCUT2D eigenvalue weighted by Gasteiger charge is -2.33. The van der Waals surface area contributed by atoms with Crippen LogP contribution in [0.25, 0.3) is 0 Å². The first-order valence-corrected chi connectivity index (χ1v) is 6.53. The number of hydrogen-bond acceptors (Lipinski definition) is 4. The second-order valence-corrected chi connectivity index (χ2v) is 6.00. The number of likely N-dealkylation sites (N-methyl/N-ethyl adjacent to an activating group) is 1. The van der Waals surface area contributed by atoms with Crippen molar-refractivity contribution in [2.24, 2.45) is 0 Å². The van der Waals surface area contributed by atoms with Gasteiger partial charge in [0, 0.05) is 23.0 Å². The van der Waals surface area contributed by atoms with Crippen molar-refractivity contribution in [2.45, 2.75) is 39.3 Å². The molecule has 1 rings (SSSR count). The van der Waals surface area contributed by atoms with Crippen molar-refractivity contribution in [1.29, 1.82) is 0 Å². The van der Waals surface area contributed by atoms with Gasteiger partial charge in [-0.2, -0.15) is 0 Å². The summed E-state index contributed by atoms with van der Waals surface area (Å²) in [6, 6.07) is 0.381. The maximum absolute atomic E-state index is 4.29. The molecule has 1 atom stereocenters. The van der Waals surface area contributed by atoms with Gasteiger partial charge >= 0.3 is 0 Å². The third kappa shape index (κ3) is 3.27. The molecule has 0 aliphatic carbocycles. The number of nitrogens with one attached hydrogen (secondary N) is 1. The molecule has 0 saturated heterocycles. The fourth-order valence-electron chi connectivity index (χ4n) is 1.38. The quantitative estimate of drug-likeness (QED) is 0.858. The Labute approximate surface area is 103 Å². The zero-order valence-corrected chi connectivity index (χ0v) is 12.0. The molecule has 1 aromatic heterocycles. The maximum atomic E-state index is 4.29. The van der Waals surface area contributed by atoms with Gasteiger partial charge in [0.05, 0.1) is 11.2 Å². The molecule has 0 radical (unpaired) electrons. The fourth-order valence-corrected chi connectivity index (χ4v) is 2.22. The molecule has 0 aromatic carbocycles. The van der Waals surface area contributed by atoms with E-state index < -0.39 is 0 Å². The van der Waals surface area contributed by atoms with Gasteiger partial charge in [-0.15, -0.1) is 11.3 Å². The summed E-state index contributed by atoms with van der Waals surface area (Å²) in [4.78, 5) is 7.87. The summed E-state index contributed by atoms with van der Waals surface area (Å²) in [6.45, 7) is 9.73. The van der Waals surface area contributed by atoms with E-state index in [2.05, 4.69) is 57.0 Å². The standard InChI is InChI=1S/C12H23N3S/c1-9(11-10(2)14-8-16-11)13-7-12(3,4)15(5)6/h8-9,13H,7H2,1-6H3. The van der Waals surface area contributed by atoms with Crippen molar-refractivity contribution in [3.05, 3.63) is 16.1 Å². The number of aromatic nitrogens is 1. The minimum absolute atomic E-state index is 0.173. The third-order valence-corrected chi connectivity index (χ3v) is 4.34. The molecule has 0 fully saturated rings. The highest BCUT2D eigenvalue weighted by atomic mass is 32.1. The van der Waals surface area contributed by atoms with Gasteiger partial charge in [-0.05, 0) is 41.8 Å². The number of hydrogen-bond donors (Lipinski definition) is 1. The Hall–Kier alpha value is -0.450. The molecule has 4 heteroatoms. The minimum Gasteiger partial charge on any atom is -0.308 e. The van der Waals surface area contributed by atoms with Crippen molar-refractivity contribution in [3.63, 3.8) is 0 Å². The number of aryl methyl sites for hydroxylation is 1. The van der Waals surface area contributed by atoms with Crippen molar-refractivity contribution < 1.29 is 0 Å². The minimum atomic E-state index is 0.173. The molecule has 3 nitrogen and oxygen atoms in total. The average molecular weight is 241 g/mol. The summed E-state index contributed by atoms with van der Waals surface area (Å²) < 4.78 is 0. The lowest BCUT2D eigenvalue weighted by atomic mass is 10.0. The fraction of sp³-hybridized carbons (Fsp3) is 0.750. The molecular formula is C12H23N3S. The van der Waals surface area contributed by atoms with E-state index in [1.165, 1.54) is 4.88 Å². The SMILES string of the molecule is Cc1ncsc1C(C)NCC(C)(C)N(C)C. The van der Waals surface area contributed by atoms with Crippen LogP contribution >= 0.6 is 11.3 Å². The predicted octanol–water partition coefficient (Wildman–Crippen LogP) is 2.44. The van der Waals surface area contributed by atoms with Crippen LogP contribution in [0.4, 0.5) is 0 Å². The molecule has 1 heterocycles. The van der Waals surface area contributed by atoms with Crippen LogP contribution in [0.5, 0.6) is 0 Å². The molecule has 92 valence electrons. The molecule has 16 heavy (non-hydrogen) atoms. The first kappa shape index (κ1) is 13.6. The van der Waals surface area contributed by atoms with E-state index in [9.17, 15) is 0 Å². The average Bonchev–Trinajstić information content (AvgIpc) is 2.61. The Bertz CT molecular complexity index is 331. The van der Waals surface area contributed by atoms with Crippen LogP contribution in [0.15, 0.2) is 5.51 Å². The normalized spacial score (nSPS) is 14.4. The topological polar surface area (TPSA) is 28.2 Å². The van der Waals surface area contributed by atoms with Crippen LogP contribution in [0, 0.1) is 6.92 Å². The van der Waals surface area contributed by atoms with E-state index in [1.54, 1.807) is 11.3 Å². The first-order valence-electron chi connectivity index (χ1n) is 5.65. The highest BCUT2D eigenvalue weighted by Crippen LogP contribution is 2.21. The second-order valence-electron chi connectivity index (χ2n) is 5.11. The first-order chi connectivity index (χ1) is 7.34. The van der Waals surface area contributed by atoms with Gasteiger partial charge in [0.2, 0.25) is 0 Å². The van der Waals surface area contributed by atoms with E-state index in [-0.39, 0.29) is 5.54 Å². The largest absolute Gasteiger partial charge is 0.308 e. The monoisotopic (exact) mass is 241 g/mol. The molecule has 0 aliphatic heterocycles. The van der Waals surface area contributed by atoms with Crippen LogP contribution < -0.4 is 5.32 Å². The Morgan fingerprint density at radius 3 is 2.56 bits per heavy atom. The van der Waals surface area contributed by atoms with E-state index in [1.807, 2.05) is 5.51 Å². The maximum Gasteiger partial charge on any atom is 0.0798 e. The smallest absolute Gasteiger partial charge is 0.0798 e. The third-order valence-electron chi connectivity index (χ3n) is 3.23. The Morgan fingerprint density at radius 2 is 2.12 bits per heavy atom. The lowest BCUT2D eigenvalue weighted by molar-refractivity contribution is 0.185. The Morgan fingerprint density at radius 1 is 1.50 bits per heavy atom. The molecule has 0 saturated carbocycles. The van der Waals surface area contributed by atoms with Crippen LogP contribution in [0.1, 0.15) is 37.4 Å². The molecular weight excluding hydrogens is 218 g/mol. The zero-order valence-electron chi connectivity index (χ0n) is 11.2. The predicted molar refractivity (Wildman–Crippen MR) is 71.0 cm³/mol. The summed E-state index contributed by atoms with van der Waals surface area (Å²) in [5, 5.41) is 3.58. The van der Waals surface area contributed by atoms with Gasteiger partial charge in [0.1, 0.15) is 0 Å². The summed E-state index contributed by atoms with van der Waals surface area (Å²) in [6.07, 6.45) is 0. The molecule has 0 aliphatic rings. The van der Waals surface area contributed by atoms with Gasteiger partial charge in [-0.25, -0.2) is 4.98 Å². The van der Waals surface area contributed by atoms with E-state index in [4.69, 9.17) is 0 Å². The Balaban J connectivity index is 2.54. The molecule has 0 spiro atoms. The van der Waals surface area contributed by atoms with Crippen molar-refractivity contribution >= 4 is 11.3 Å². The molecule has 1 N–H and O–H groups in total. The Kier molecular flexibility index (Phi) is 4.47. The van der Waals surface area contributed by atoms with Gasteiger partial charge < -0.3 is 10.2 Å². The van der Waals surface area contributed by atoms with Crippen molar-refractivity contribution in [1.82, 2.24) is 15.2 Å². The molecule has 0 amide bonds. The number of rotatable bonds is 5. The molecule has 0 bridgehead atoms. The summed E-state index contributed by atoms with van der Waals surface area (Å²) in [7, 11) is 4.23. The van der Waals surface area contributed by atoms with Crippen molar-refractivity contribution in [2.75, 3.05) is 20.6 Å². The highest BCUT2D eigenvalue weighted by Gasteiger charge is 2.21. The summed E-state index contributed by atoms with van der Waals surface area (Å²) in [5.41, 5.74) is 3.24. The van der Waals surface area contributed by atoms with Crippen LogP contribution in [0.3, 0.4) is 0 Å². The highest BCUT2D eigenvalue weighted by molar-refractivity contribution is 7.09. The molecule has 1 aromatic rings. The van der Waals surface area contributed by atoms with Crippen LogP contribution in [-0.4, -0.2) is 36.1 Å². The van der Waals surface area contributed by atoms with Gasteiger partial charge in [-0.3, -0.25) is 0 Å². The van der Waals surface area contributed by atoms with Crippen LogP contribution in [-0.2, 0) is 0 Å². The van der Waals surface area contributed by atoms with E-state index >= 15 is 0 Å².